The summed E-state index contributed by atoms with van der Waals surface area (Å²) in [5.41, 5.74) is 0. The summed E-state index contributed by atoms with van der Waals surface area (Å²) in [7, 11) is 0. The van der Waals surface area contributed by atoms with Gasteiger partial charge in [-0.1, -0.05) is 19.8 Å². The molecule has 0 aromatic heterocycles. The molecule has 11 heavy (non-hydrogen) atoms. The standard InChI is InChI=1S/C8H19NOS/c1-4-5-6-7-8(2,3)11(9)10/h4-7,9H2,1-3H3. The minimum Gasteiger partial charge on any atom is -0.598 e. The van der Waals surface area contributed by atoms with E-state index in [0.717, 1.165) is 12.8 Å². The summed E-state index contributed by atoms with van der Waals surface area (Å²) in [5, 5.41) is 5.32. The molecule has 0 radical (unpaired) electrons. The topological polar surface area (TPSA) is 49.1 Å². The molecule has 2 nitrogen and oxygen atoms in total. The summed E-state index contributed by atoms with van der Waals surface area (Å²) in [6, 6.07) is 0. The Morgan fingerprint density at radius 3 is 2.27 bits per heavy atom. The van der Waals surface area contributed by atoms with Gasteiger partial charge in [0.15, 0.2) is 0 Å². The van der Waals surface area contributed by atoms with Gasteiger partial charge in [-0.05, 0) is 26.7 Å². The van der Waals surface area contributed by atoms with Gasteiger partial charge in [0.1, 0.15) is 4.75 Å². The van der Waals surface area contributed by atoms with Gasteiger partial charge >= 0.3 is 0 Å². The van der Waals surface area contributed by atoms with Crippen LogP contribution in [0.2, 0.25) is 0 Å². The van der Waals surface area contributed by atoms with E-state index >= 15 is 0 Å². The molecule has 2 N–H and O–H groups in total. The van der Waals surface area contributed by atoms with E-state index in [0.29, 0.717) is 0 Å². The minimum absolute atomic E-state index is 0.199. The molecule has 0 rings (SSSR count). The second kappa shape index (κ2) is 5.01. The summed E-state index contributed by atoms with van der Waals surface area (Å²) in [5.74, 6) is 0. The van der Waals surface area contributed by atoms with Crippen LogP contribution in [0.1, 0.15) is 46.5 Å². The van der Waals surface area contributed by atoms with Crippen molar-refractivity contribution in [3.63, 3.8) is 0 Å². The van der Waals surface area contributed by atoms with Crippen molar-refractivity contribution in [1.29, 1.82) is 0 Å². The van der Waals surface area contributed by atoms with Crippen molar-refractivity contribution < 1.29 is 4.55 Å². The van der Waals surface area contributed by atoms with Crippen molar-refractivity contribution in [1.82, 2.24) is 0 Å². The van der Waals surface area contributed by atoms with Gasteiger partial charge in [-0.3, -0.25) is 0 Å². The van der Waals surface area contributed by atoms with Crippen LogP contribution in [0.25, 0.3) is 0 Å². The first-order valence-corrected chi connectivity index (χ1v) is 5.38. The molecule has 0 aromatic carbocycles. The smallest absolute Gasteiger partial charge is 0.139 e. The van der Waals surface area contributed by atoms with E-state index in [9.17, 15) is 4.55 Å². The van der Waals surface area contributed by atoms with Crippen molar-refractivity contribution >= 4 is 11.4 Å². The van der Waals surface area contributed by atoms with E-state index in [2.05, 4.69) is 6.92 Å². The quantitative estimate of drug-likeness (QED) is 0.515. The van der Waals surface area contributed by atoms with Crippen LogP contribution >= 0.6 is 0 Å². The summed E-state index contributed by atoms with van der Waals surface area (Å²) in [4.78, 5) is 0. The van der Waals surface area contributed by atoms with Crippen molar-refractivity contribution in [2.24, 2.45) is 5.14 Å². The van der Waals surface area contributed by atoms with Gasteiger partial charge in [-0.2, -0.15) is 5.14 Å². The van der Waals surface area contributed by atoms with Crippen LogP contribution in [-0.4, -0.2) is 9.30 Å². The van der Waals surface area contributed by atoms with E-state index in [1.54, 1.807) is 0 Å². The van der Waals surface area contributed by atoms with Crippen LogP contribution < -0.4 is 5.14 Å². The number of hydrogen-bond donors (Lipinski definition) is 1. The zero-order chi connectivity index (χ0) is 8.91. The fourth-order valence-corrected chi connectivity index (χ4v) is 1.25. The molecule has 0 amide bonds. The predicted molar refractivity (Wildman–Crippen MR) is 50.6 cm³/mol. The predicted octanol–water partition coefficient (Wildman–Crippen LogP) is 1.97. The Kier molecular flexibility index (Phi) is 5.13. The summed E-state index contributed by atoms with van der Waals surface area (Å²) in [6.07, 6.45) is 4.50. The molecule has 0 heterocycles. The average molecular weight is 177 g/mol. The molecule has 68 valence electrons. The summed E-state index contributed by atoms with van der Waals surface area (Å²) < 4.78 is 10.7. The van der Waals surface area contributed by atoms with Gasteiger partial charge < -0.3 is 4.55 Å². The maximum atomic E-state index is 10.9. The van der Waals surface area contributed by atoms with Gasteiger partial charge in [0.25, 0.3) is 0 Å². The molecular weight excluding hydrogens is 158 g/mol. The van der Waals surface area contributed by atoms with Gasteiger partial charge in [0.05, 0.1) is 0 Å². The molecule has 1 atom stereocenters. The van der Waals surface area contributed by atoms with Crippen molar-refractivity contribution in [3.05, 3.63) is 0 Å². The Morgan fingerprint density at radius 2 is 1.91 bits per heavy atom. The molecule has 0 aliphatic heterocycles. The highest BCUT2D eigenvalue weighted by Crippen LogP contribution is 2.20. The molecule has 1 unspecified atom stereocenters. The highest BCUT2D eigenvalue weighted by Gasteiger charge is 2.28. The van der Waals surface area contributed by atoms with Crippen LogP contribution in [0.4, 0.5) is 0 Å². The lowest BCUT2D eigenvalue weighted by Crippen LogP contribution is -2.37. The zero-order valence-corrected chi connectivity index (χ0v) is 8.54. The van der Waals surface area contributed by atoms with Crippen LogP contribution in [0.5, 0.6) is 0 Å². The third kappa shape index (κ3) is 4.67. The minimum atomic E-state index is -1.18. The first-order valence-electron chi connectivity index (χ1n) is 4.17. The molecule has 0 aliphatic rings. The lowest BCUT2D eigenvalue weighted by molar-refractivity contribution is 0.507. The normalized spacial score (nSPS) is 15.0. The molecule has 0 aromatic rings. The first-order chi connectivity index (χ1) is 5.00. The Hall–Kier alpha value is 0.270. The molecule has 0 aliphatic carbocycles. The van der Waals surface area contributed by atoms with E-state index < -0.39 is 11.4 Å². The zero-order valence-electron chi connectivity index (χ0n) is 7.72. The fraction of sp³-hybridized carbons (Fsp3) is 1.00. The Bertz CT molecular complexity index is 104. The molecule has 0 saturated heterocycles. The lowest BCUT2D eigenvalue weighted by Gasteiger charge is -2.23. The first kappa shape index (κ1) is 11.3. The second-order valence-electron chi connectivity index (χ2n) is 3.51. The van der Waals surface area contributed by atoms with Crippen LogP contribution in [0.3, 0.4) is 0 Å². The van der Waals surface area contributed by atoms with Gasteiger partial charge in [-0.15, -0.1) is 0 Å². The maximum Gasteiger partial charge on any atom is 0.139 e. The Labute approximate surface area is 72.9 Å². The number of unbranched alkanes of at least 4 members (excludes halogenated alkanes) is 2. The summed E-state index contributed by atoms with van der Waals surface area (Å²) in [6.45, 7) is 6.07. The summed E-state index contributed by atoms with van der Waals surface area (Å²) >= 11 is -1.18. The Morgan fingerprint density at radius 1 is 1.36 bits per heavy atom. The highest BCUT2D eigenvalue weighted by molar-refractivity contribution is 7.90. The Balaban J connectivity index is 3.55. The molecule has 0 saturated carbocycles. The van der Waals surface area contributed by atoms with Crippen LogP contribution in [-0.2, 0) is 11.4 Å². The van der Waals surface area contributed by atoms with Crippen molar-refractivity contribution in [3.8, 4) is 0 Å². The molecule has 3 heteroatoms. The number of hydrogen-bond acceptors (Lipinski definition) is 2. The molecule has 0 bridgehead atoms. The average Bonchev–Trinajstić information content (AvgIpc) is 1.88. The van der Waals surface area contributed by atoms with E-state index in [-0.39, 0.29) is 4.75 Å². The molecule has 0 fully saturated rings. The van der Waals surface area contributed by atoms with Crippen LogP contribution in [0, 0.1) is 0 Å². The van der Waals surface area contributed by atoms with Gasteiger partial charge in [-0.25, -0.2) is 0 Å². The van der Waals surface area contributed by atoms with Gasteiger partial charge in [0.2, 0.25) is 0 Å². The lowest BCUT2D eigenvalue weighted by atomic mass is 10.0. The second-order valence-corrected chi connectivity index (χ2v) is 5.21. The van der Waals surface area contributed by atoms with Crippen molar-refractivity contribution in [2.75, 3.05) is 0 Å². The molecular formula is C8H19NOS. The molecule has 0 spiro atoms. The monoisotopic (exact) mass is 177 g/mol. The highest BCUT2D eigenvalue weighted by atomic mass is 32.2. The van der Waals surface area contributed by atoms with Crippen molar-refractivity contribution in [2.45, 2.75) is 51.2 Å². The van der Waals surface area contributed by atoms with E-state index in [4.69, 9.17) is 5.14 Å². The largest absolute Gasteiger partial charge is 0.598 e. The SMILES string of the molecule is CCCCCC(C)(C)[S+](N)[O-]. The van der Waals surface area contributed by atoms with Crippen LogP contribution in [0.15, 0.2) is 0 Å². The third-order valence-electron chi connectivity index (χ3n) is 1.93. The van der Waals surface area contributed by atoms with E-state index in [1.165, 1.54) is 12.8 Å². The maximum absolute atomic E-state index is 10.9. The third-order valence-corrected chi connectivity index (χ3v) is 3.22. The number of nitrogens with two attached hydrogens (primary N) is 1. The number of rotatable bonds is 5. The van der Waals surface area contributed by atoms with Gasteiger partial charge in [0, 0.05) is 11.4 Å². The fourth-order valence-electron chi connectivity index (χ4n) is 0.901. The van der Waals surface area contributed by atoms with E-state index in [1.807, 2.05) is 13.8 Å².